The smallest absolute Gasteiger partial charge is 0.267 e. The van der Waals surface area contributed by atoms with E-state index in [-0.39, 0.29) is 12.5 Å². The fraction of sp³-hybridized carbons (Fsp3) is 0.136. The van der Waals surface area contributed by atoms with Gasteiger partial charge in [0, 0.05) is 17.3 Å². The Labute approximate surface area is 177 Å². The summed E-state index contributed by atoms with van der Waals surface area (Å²) in [6.45, 7) is 0.328. The number of benzene rings is 2. The van der Waals surface area contributed by atoms with Gasteiger partial charge in [0.15, 0.2) is 11.7 Å². The third kappa shape index (κ3) is 4.58. The van der Waals surface area contributed by atoms with Crippen LogP contribution in [0.4, 0.5) is 5.13 Å². The lowest BCUT2D eigenvalue weighted by Gasteiger charge is -2.20. The molecule has 4 aromatic rings. The number of rotatable bonds is 7. The molecule has 0 saturated heterocycles. The van der Waals surface area contributed by atoms with Crippen LogP contribution in [0.15, 0.2) is 78.0 Å². The lowest BCUT2D eigenvalue weighted by Crippen LogP contribution is -2.34. The number of carbonyl (C=O) groups excluding carboxylic acids is 1. The van der Waals surface area contributed by atoms with Crippen LogP contribution in [0, 0.1) is 0 Å². The van der Waals surface area contributed by atoms with Crippen molar-refractivity contribution in [1.29, 1.82) is 0 Å². The maximum Gasteiger partial charge on any atom is 0.267 e. The Hall–Kier alpha value is -2.90. The van der Waals surface area contributed by atoms with Crippen molar-refractivity contribution in [3.63, 3.8) is 0 Å². The largest absolute Gasteiger partial charge is 0.484 e. The highest BCUT2D eigenvalue weighted by molar-refractivity contribution is 7.98. The van der Waals surface area contributed by atoms with Gasteiger partial charge in [0.2, 0.25) is 0 Å². The quantitative estimate of drug-likeness (QED) is 0.392. The molecule has 0 saturated carbocycles. The summed E-state index contributed by atoms with van der Waals surface area (Å²) in [5.41, 5.74) is 1.86. The number of para-hydroxylation sites is 2. The molecule has 1 amide bonds. The molecule has 0 radical (unpaired) electrons. The first-order chi connectivity index (χ1) is 14.2. The van der Waals surface area contributed by atoms with Crippen molar-refractivity contribution >= 4 is 44.4 Å². The van der Waals surface area contributed by atoms with E-state index < -0.39 is 0 Å². The molecule has 0 bridgehead atoms. The molecule has 4 rings (SSSR count). The second kappa shape index (κ2) is 9.07. The van der Waals surface area contributed by atoms with Crippen LogP contribution in [0.3, 0.4) is 0 Å². The molecule has 2 aromatic heterocycles. The Morgan fingerprint density at radius 2 is 1.97 bits per heavy atom. The number of aromatic nitrogens is 2. The van der Waals surface area contributed by atoms with Gasteiger partial charge in [-0.3, -0.25) is 14.7 Å². The van der Waals surface area contributed by atoms with Crippen LogP contribution in [0.25, 0.3) is 10.2 Å². The van der Waals surface area contributed by atoms with Crippen molar-refractivity contribution in [2.75, 3.05) is 17.8 Å². The summed E-state index contributed by atoms with van der Waals surface area (Å²) in [5, 5.41) is 0.659. The van der Waals surface area contributed by atoms with Gasteiger partial charge < -0.3 is 4.74 Å². The summed E-state index contributed by atoms with van der Waals surface area (Å²) in [6, 6.07) is 19.2. The summed E-state index contributed by atoms with van der Waals surface area (Å²) in [5.74, 6) is 0.513. The van der Waals surface area contributed by atoms with Gasteiger partial charge >= 0.3 is 0 Å². The number of thiazole rings is 1. The van der Waals surface area contributed by atoms with Crippen LogP contribution in [0.5, 0.6) is 5.75 Å². The number of fused-ring (bicyclic) bond motifs is 1. The van der Waals surface area contributed by atoms with Gasteiger partial charge in [-0.05, 0) is 42.2 Å². The van der Waals surface area contributed by atoms with Gasteiger partial charge in [0.25, 0.3) is 5.91 Å². The third-order valence-electron chi connectivity index (χ3n) is 4.29. The lowest BCUT2D eigenvalue weighted by atomic mass is 10.2. The molecule has 0 spiro atoms. The molecule has 0 aliphatic carbocycles. The van der Waals surface area contributed by atoms with Gasteiger partial charge in [-0.25, -0.2) is 4.98 Å². The molecule has 0 aliphatic rings. The topological polar surface area (TPSA) is 55.3 Å². The first kappa shape index (κ1) is 19.4. The Morgan fingerprint density at radius 1 is 1.10 bits per heavy atom. The molecule has 29 heavy (non-hydrogen) atoms. The molecular weight excluding hydrogens is 402 g/mol. The maximum atomic E-state index is 13.1. The van der Waals surface area contributed by atoms with Gasteiger partial charge in [-0.15, -0.1) is 11.8 Å². The van der Waals surface area contributed by atoms with E-state index in [2.05, 4.69) is 4.98 Å². The highest BCUT2D eigenvalue weighted by atomic mass is 32.2. The number of amides is 1. The Kier molecular flexibility index (Phi) is 6.07. The molecule has 0 N–H and O–H groups in total. The van der Waals surface area contributed by atoms with E-state index in [1.165, 1.54) is 11.3 Å². The third-order valence-corrected chi connectivity index (χ3v) is 6.10. The average molecular weight is 422 g/mol. The van der Waals surface area contributed by atoms with E-state index in [0.717, 1.165) is 20.7 Å². The van der Waals surface area contributed by atoms with Crippen LogP contribution in [-0.4, -0.2) is 28.7 Å². The zero-order valence-corrected chi connectivity index (χ0v) is 17.5. The summed E-state index contributed by atoms with van der Waals surface area (Å²) < 4.78 is 6.75. The molecule has 0 fully saturated rings. The van der Waals surface area contributed by atoms with Crippen LogP contribution >= 0.6 is 23.1 Å². The van der Waals surface area contributed by atoms with Crippen molar-refractivity contribution in [1.82, 2.24) is 9.97 Å². The summed E-state index contributed by atoms with van der Waals surface area (Å²) >= 11 is 3.16. The second-order valence-electron chi connectivity index (χ2n) is 6.25. The van der Waals surface area contributed by atoms with Crippen molar-refractivity contribution in [2.24, 2.45) is 0 Å². The number of carbonyl (C=O) groups is 1. The average Bonchev–Trinajstić information content (AvgIpc) is 3.21. The minimum Gasteiger partial charge on any atom is -0.484 e. The van der Waals surface area contributed by atoms with E-state index >= 15 is 0 Å². The maximum absolute atomic E-state index is 13.1. The fourth-order valence-corrected chi connectivity index (χ4v) is 4.51. The standard InChI is InChI=1S/C22H19N3O2S2/c1-28-18-10-5-11-19-21(18)24-22(29-19)25(14-16-7-6-12-23-13-16)20(26)15-27-17-8-3-2-4-9-17/h2-13H,14-15H2,1H3. The van der Waals surface area contributed by atoms with Gasteiger partial charge in [0.05, 0.1) is 16.8 Å². The monoisotopic (exact) mass is 421 g/mol. The zero-order valence-electron chi connectivity index (χ0n) is 15.8. The predicted molar refractivity (Wildman–Crippen MR) is 119 cm³/mol. The van der Waals surface area contributed by atoms with Crippen molar-refractivity contribution < 1.29 is 9.53 Å². The Bertz CT molecular complexity index is 1100. The first-order valence-electron chi connectivity index (χ1n) is 9.05. The number of nitrogens with zero attached hydrogens (tertiary/aromatic N) is 3. The highest BCUT2D eigenvalue weighted by Crippen LogP contribution is 2.34. The van der Waals surface area contributed by atoms with Gasteiger partial charge in [-0.2, -0.15) is 0 Å². The van der Waals surface area contributed by atoms with Crippen LogP contribution < -0.4 is 9.64 Å². The van der Waals surface area contributed by atoms with E-state index in [9.17, 15) is 4.79 Å². The molecular formula is C22H19N3O2S2. The van der Waals surface area contributed by atoms with Crippen molar-refractivity contribution in [2.45, 2.75) is 11.4 Å². The van der Waals surface area contributed by atoms with Gasteiger partial charge in [-0.1, -0.05) is 41.7 Å². The number of thioether (sulfide) groups is 1. The molecule has 2 heterocycles. The molecule has 5 nitrogen and oxygen atoms in total. The molecule has 2 aromatic carbocycles. The fourth-order valence-electron chi connectivity index (χ4n) is 2.87. The highest BCUT2D eigenvalue weighted by Gasteiger charge is 2.21. The Morgan fingerprint density at radius 3 is 2.72 bits per heavy atom. The number of pyridine rings is 1. The minimum atomic E-state index is -0.150. The normalized spacial score (nSPS) is 10.8. The molecule has 0 atom stereocenters. The molecule has 7 heteroatoms. The number of hydrogen-bond donors (Lipinski definition) is 0. The predicted octanol–water partition coefficient (Wildman–Crippen LogP) is 5.03. The minimum absolute atomic E-state index is 0.0599. The molecule has 146 valence electrons. The van der Waals surface area contributed by atoms with E-state index in [0.29, 0.717) is 17.4 Å². The van der Waals surface area contributed by atoms with Crippen LogP contribution in [0.2, 0.25) is 0 Å². The van der Waals surface area contributed by atoms with E-state index in [1.54, 1.807) is 29.1 Å². The zero-order chi connectivity index (χ0) is 20.1. The lowest BCUT2D eigenvalue weighted by molar-refractivity contribution is -0.120. The summed E-state index contributed by atoms with van der Waals surface area (Å²) in [4.78, 5) is 24.8. The van der Waals surface area contributed by atoms with E-state index in [4.69, 9.17) is 9.72 Å². The molecule has 0 aliphatic heterocycles. The molecule has 0 unspecified atom stereocenters. The van der Waals surface area contributed by atoms with Gasteiger partial charge in [0.1, 0.15) is 5.75 Å². The Balaban J connectivity index is 1.63. The summed E-state index contributed by atoms with van der Waals surface area (Å²) in [6.07, 6.45) is 5.51. The number of hydrogen-bond acceptors (Lipinski definition) is 6. The van der Waals surface area contributed by atoms with Crippen LogP contribution in [0.1, 0.15) is 5.56 Å². The van der Waals surface area contributed by atoms with Crippen molar-refractivity contribution in [3.05, 3.63) is 78.6 Å². The first-order valence-corrected chi connectivity index (χ1v) is 11.1. The number of anilines is 1. The van der Waals surface area contributed by atoms with E-state index in [1.807, 2.05) is 66.9 Å². The number of ether oxygens (including phenoxy) is 1. The SMILES string of the molecule is CSc1cccc2sc(N(Cc3cccnc3)C(=O)COc3ccccc3)nc12. The van der Waals surface area contributed by atoms with Crippen LogP contribution in [-0.2, 0) is 11.3 Å². The second-order valence-corrected chi connectivity index (χ2v) is 8.10. The summed E-state index contributed by atoms with van der Waals surface area (Å²) in [7, 11) is 0. The van der Waals surface area contributed by atoms with Crippen molar-refractivity contribution in [3.8, 4) is 5.75 Å².